The normalized spacial score (nSPS) is 21.4. The Morgan fingerprint density at radius 3 is 2.45 bits per heavy atom. The number of hydrogen-bond donors (Lipinski definition) is 0. The molecule has 1 aliphatic rings. The summed E-state index contributed by atoms with van der Waals surface area (Å²) in [6, 6.07) is 11.8. The van der Waals surface area contributed by atoms with Crippen LogP contribution in [0.4, 0.5) is 0 Å². The first-order valence-corrected chi connectivity index (χ1v) is 7.97. The van der Waals surface area contributed by atoms with E-state index in [0.29, 0.717) is 18.3 Å². The van der Waals surface area contributed by atoms with Gasteiger partial charge in [-0.1, -0.05) is 18.2 Å². The smallest absolute Gasteiger partial charge is 0.0991 e. The van der Waals surface area contributed by atoms with E-state index in [2.05, 4.69) is 6.07 Å². The molecule has 0 amide bonds. The maximum Gasteiger partial charge on any atom is 0.0991 e. The molecule has 0 atom stereocenters. The van der Waals surface area contributed by atoms with Gasteiger partial charge >= 0.3 is 0 Å². The van der Waals surface area contributed by atoms with E-state index in [-0.39, 0.29) is 0 Å². The molecule has 114 valence electrons. The molecular weight excluding hydrogens is 272 g/mol. The Morgan fingerprint density at radius 2 is 1.82 bits per heavy atom. The molecule has 0 bridgehead atoms. The molecule has 1 saturated carbocycles. The molecule has 0 N–H and O–H groups in total. The Balaban J connectivity index is 1.66. The van der Waals surface area contributed by atoms with Crippen LogP contribution in [0.3, 0.4) is 0 Å². The molecule has 0 heterocycles. The second-order valence-corrected chi connectivity index (χ2v) is 5.87. The van der Waals surface area contributed by atoms with Crippen molar-refractivity contribution in [2.45, 2.75) is 51.2 Å². The number of rotatable bonds is 6. The van der Waals surface area contributed by atoms with Crippen molar-refractivity contribution in [2.75, 3.05) is 0 Å². The number of ether oxygens (including phenoxy) is 1. The van der Waals surface area contributed by atoms with Crippen molar-refractivity contribution < 1.29 is 4.74 Å². The van der Waals surface area contributed by atoms with Gasteiger partial charge < -0.3 is 4.74 Å². The number of nitriles is 2. The highest BCUT2D eigenvalue weighted by Gasteiger charge is 2.21. The molecule has 0 unspecified atom stereocenters. The second-order valence-electron chi connectivity index (χ2n) is 5.87. The fourth-order valence-corrected chi connectivity index (χ4v) is 2.94. The van der Waals surface area contributed by atoms with Gasteiger partial charge in [0.25, 0.3) is 0 Å². The highest BCUT2D eigenvalue weighted by molar-refractivity contribution is 5.31. The first-order chi connectivity index (χ1) is 10.8. The topological polar surface area (TPSA) is 56.8 Å². The van der Waals surface area contributed by atoms with Crippen molar-refractivity contribution in [3.8, 4) is 12.1 Å². The lowest BCUT2D eigenvalue weighted by Gasteiger charge is -2.28. The van der Waals surface area contributed by atoms with Crippen LogP contribution in [0.1, 0.15) is 49.7 Å². The highest BCUT2D eigenvalue weighted by atomic mass is 16.5. The Kier molecular flexibility index (Phi) is 6.68. The summed E-state index contributed by atoms with van der Waals surface area (Å²) in [6.07, 6.45) is 10.8. The van der Waals surface area contributed by atoms with E-state index in [9.17, 15) is 0 Å². The third-order valence-corrected chi connectivity index (χ3v) is 4.30. The van der Waals surface area contributed by atoms with Gasteiger partial charge in [-0.25, -0.2) is 0 Å². The molecule has 1 aromatic rings. The summed E-state index contributed by atoms with van der Waals surface area (Å²) in [6.45, 7) is 0.631. The van der Waals surface area contributed by atoms with Gasteiger partial charge in [-0.3, -0.25) is 0 Å². The molecule has 0 spiro atoms. The van der Waals surface area contributed by atoms with Gasteiger partial charge in [-0.05, 0) is 62.1 Å². The van der Waals surface area contributed by atoms with E-state index in [4.69, 9.17) is 15.3 Å². The van der Waals surface area contributed by atoms with Crippen LogP contribution in [-0.4, -0.2) is 6.10 Å². The summed E-state index contributed by atoms with van der Waals surface area (Å²) in [5, 5.41) is 17.2. The van der Waals surface area contributed by atoms with Crippen molar-refractivity contribution in [3.63, 3.8) is 0 Å². The molecule has 0 aromatic heterocycles. The number of benzene rings is 1. The van der Waals surface area contributed by atoms with Gasteiger partial charge in [0.15, 0.2) is 0 Å². The summed E-state index contributed by atoms with van der Waals surface area (Å²) in [5.74, 6) is 0.776. The molecule has 0 saturated heterocycles. The fraction of sp³-hybridized carbons (Fsp3) is 0.474. The monoisotopic (exact) mass is 294 g/mol. The Morgan fingerprint density at radius 1 is 1.09 bits per heavy atom. The van der Waals surface area contributed by atoms with E-state index < -0.39 is 0 Å². The summed E-state index contributed by atoms with van der Waals surface area (Å²) < 4.78 is 5.99. The van der Waals surface area contributed by atoms with Gasteiger partial charge in [-0.2, -0.15) is 10.5 Å². The summed E-state index contributed by atoms with van der Waals surface area (Å²) in [7, 11) is 0. The predicted molar refractivity (Wildman–Crippen MR) is 85.7 cm³/mol. The minimum atomic E-state index is 0.363. The number of hydrogen-bond acceptors (Lipinski definition) is 3. The van der Waals surface area contributed by atoms with E-state index in [1.165, 1.54) is 19.3 Å². The van der Waals surface area contributed by atoms with Crippen LogP contribution in [0.15, 0.2) is 36.4 Å². The van der Waals surface area contributed by atoms with Crippen molar-refractivity contribution in [1.29, 1.82) is 10.5 Å². The quantitative estimate of drug-likeness (QED) is 0.726. The van der Waals surface area contributed by atoms with Crippen molar-refractivity contribution in [1.82, 2.24) is 0 Å². The first kappa shape index (κ1) is 16.3. The lowest BCUT2D eigenvalue weighted by atomic mass is 9.84. The molecule has 1 fully saturated rings. The van der Waals surface area contributed by atoms with Crippen LogP contribution in [0, 0.1) is 28.6 Å². The van der Waals surface area contributed by atoms with Gasteiger partial charge in [0.05, 0.1) is 30.4 Å². The minimum Gasteiger partial charge on any atom is -0.374 e. The maximum atomic E-state index is 8.78. The Bertz CT molecular complexity index is 555. The van der Waals surface area contributed by atoms with E-state index in [0.717, 1.165) is 30.7 Å². The van der Waals surface area contributed by atoms with E-state index in [1.54, 1.807) is 6.08 Å². The maximum absolute atomic E-state index is 8.78. The van der Waals surface area contributed by atoms with Crippen LogP contribution >= 0.6 is 0 Å². The predicted octanol–water partition coefficient (Wildman–Crippen LogP) is 4.49. The third kappa shape index (κ3) is 5.35. The number of allylic oxidation sites excluding steroid dienone is 2. The lowest BCUT2D eigenvalue weighted by Crippen LogP contribution is -2.21. The van der Waals surface area contributed by atoms with E-state index >= 15 is 0 Å². The molecule has 0 radical (unpaired) electrons. The lowest BCUT2D eigenvalue weighted by molar-refractivity contribution is 0.00647. The average Bonchev–Trinajstić information content (AvgIpc) is 2.58. The van der Waals surface area contributed by atoms with Crippen molar-refractivity contribution in [2.24, 2.45) is 5.92 Å². The zero-order chi connectivity index (χ0) is 15.6. The van der Waals surface area contributed by atoms with Crippen molar-refractivity contribution in [3.05, 3.63) is 47.5 Å². The fourth-order valence-electron chi connectivity index (χ4n) is 2.94. The second kappa shape index (κ2) is 9.03. The zero-order valence-electron chi connectivity index (χ0n) is 12.9. The van der Waals surface area contributed by atoms with Crippen LogP contribution in [0.2, 0.25) is 0 Å². The summed E-state index contributed by atoms with van der Waals surface area (Å²) in [5.41, 5.74) is 1.82. The van der Waals surface area contributed by atoms with Gasteiger partial charge in [0.2, 0.25) is 0 Å². The van der Waals surface area contributed by atoms with Crippen LogP contribution in [0.25, 0.3) is 0 Å². The molecule has 22 heavy (non-hydrogen) atoms. The number of nitrogens with zero attached hydrogens (tertiary/aromatic N) is 2. The molecular formula is C19H22N2O. The van der Waals surface area contributed by atoms with Crippen molar-refractivity contribution >= 4 is 0 Å². The van der Waals surface area contributed by atoms with Gasteiger partial charge in [0, 0.05) is 6.08 Å². The van der Waals surface area contributed by atoms with Gasteiger partial charge in [-0.15, -0.1) is 0 Å². The highest BCUT2D eigenvalue weighted by Crippen LogP contribution is 2.30. The Hall–Kier alpha value is -2.10. The molecule has 1 aliphatic carbocycles. The standard InChI is InChI=1S/C19H22N2O/c20-13-3-1-2-4-16-9-11-19(12-10-16)22-15-18-7-5-17(14-21)6-8-18/h1,3,5-8,16,19H,2,4,9-12,15H2/t16-,19-. The summed E-state index contributed by atoms with van der Waals surface area (Å²) in [4.78, 5) is 0. The molecule has 3 nitrogen and oxygen atoms in total. The SMILES string of the molecule is N#CC=CCC[C@H]1CC[C@H](OCc2ccc(C#N)cc2)CC1. The molecule has 0 aliphatic heterocycles. The Labute approximate surface area is 132 Å². The van der Waals surface area contributed by atoms with Gasteiger partial charge in [0.1, 0.15) is 0 Å². The third-order valence-electron chi connectivity index (χ3n) is 4.30. The summed E-state index contributed by atoms with van der Waals surface area (Å²) >= 11 is 0. The first-order valence-electron chi connectivity index (χ1n) is 7.97. The van der Waals surface area contributed by atoms with Crippen LogP contribution in [0.5, 0.6) is 0 Å². The molecule has 1 aromatic carbocycles. The molecule has 2 rings (SSSR count). The zero-order valence-corrected chi connectivity index (χ0v) is 12.9. The van der Waals surface area contributed by atoms with E-state index in [1.807, 2.05) is 36.4 Å². The van der Waals surface area contributed by atoms with Crippen LogP contribution in [-0.2, 0) is 11.3 Å². The minimum absolute atomic E-state index is 0.363. The molecule has 3 heteroatoms. The largest absolute Gasteiger partial charge is 0.374 e. The van der Waals surface area contributed by atoms with Crippen LogP contribution < -0.4 is 0 Å². The average molecular weight is 294 g/mol.